The van der Waals surface area contributed by atoms with Crippen molar-refractivity contribution in [1.29, 1.82) is 0 Å². The van der Waals surface area contributed by atoms with Gasteiger partial charge in [-0.1, -0.05) is 23.7 Å². The molecule has 3 nitrogen and oxygen atoms in total. The SMILES string of the molecule is CCOc1ccc2cc(/C=C/C(=O)c3ccc(I)cc3)c(Cl)nc2c1. The van der Waals surface area contributed by atoms with Crippen molar-refractivity contribution in [3.8, 4) is 5.75 Å². The molecule has 0 aliphatic heterocycles. The van der Waals surface area contributed by atoms with E-state index in [-0.39, 0.29) is 5.78 Å². The van der Waals surface area contributed by atoms with Crippen LogP contribution in [0.5, 0.6) is 5.75 Å². The van der Waals surface area contributed by atoms with Crippen molar-refractivity contribution in [2.75, 3.05) is 6.61 Å². The number of rotatable bonds is 5. The summed E-state index contributed by atoms with van der Waals surface area (Å²) in [4.78, 5) is 16.7. The van der Waals surface area contributed by atoms with Crippen molar-refractivity contribution in [1.82, 2.24) is 4.98 Å². The number of nitrogens with zero attached hydrogens (tertiary/aromatic N) is 1. The van der Waals surface area contributed by atoms with Gasteiger partial charge in [0.05, 0.1) is 12.1 Å². The lowest BCUT2D eigenvalue weighted by Gasteiger charge is -2.06. The molecule has 5 heteroatoms. The summed E-state index contributed by atoms with van der Waals surface area (Å²) in [7, 11) is 0. The van der Waals surface area contributed by atoms with E-state index in [1.807, 2.05) is 55.5 Å². The lowest BCUT2D eigenvalue weighted by atomic mass is 10.1. The van der Waals surface area contributed by atoms with E-state index >= 15 is 0 Å². The first-order chi connectivity index (χ1) is 12.1. The summed E-state index contributed by atoms with van der Waals surface area (Å²) in [6.07, 6.45) is 3.22. The fraction of sp³-hybridized carbons (Fsp3) is 0.100. The van der Waals surface area contributed by atoms with Gasteiger partial charge >= 0.3 is 0 Å². The Bertz CT molecular complexity index is 952. The minimum Gasteiger partial charge on any atom is -0.494 e. The minimum atomic E-state index is -0.0701. The second-order valence-electron chi connectivity index (χ2n) is 5.36. The predicted molar refractivity (Wildman–Crippen MR) is 110 cm³/mol. The molecule has 0 bridgehead atoms. The first kappa shape index (κ1) is 17.9. The second-order valence-corrected chi connectivity index (χ2v) is 6.96. The molecule has 25 heavy (non-hydrogen) atoms. The number of pyridine rings is 1. The number of carbonyl (C=O) groups is 1. The van der Waals surface area contributed by atoms with Crippen molar-refractivity contribution in [3.05, 3.63) is 74.5 Å². The first-order valence-corrected chi connectivity index (χ1v) is 9.23. The summed E-state index contributed by atoms with van der Waals surface area (Å²) in [5.74, 6) is 0.690. The number of hydrogen-bond donors (Lipinski definition) is 0. The molecule has 0 spiro atoms. The second kappa shape index (κ2) is 7.97. The molecule has 2 aromatic carbocycles. The smallest absolute Gasteiger partial charge is 0.185 e. The van der Waals surface area contributed by atoms with Crippen LogP contribution in [0.15, 0.2) is 54.6 Å². The van der Waals surface area contributed by atoms with Gasteiger partial charge in [-0.2, -0.15) is 0 Å². The Kier molecular flexibility index (Phi) is 5.71. The van der Waals surface area contributed by atoms with Crippen LogP contribution in [-0.4, -0.2) is 17.4 Å². The quantitative estimate of drug-likeness (QED) is 0.208. The molecule has 0 N–H and O–H groups in total. The van der Waals surface area contributed by atoms with E-state index in [1.165, 1.54) is 6.08 Å². The van der Waals surface area contributed by atoms with E-state index in [0.29, 0.717) is 22.9 Å². The summed E-state index contributed by atoms with van der Waals surface area (Å²) >= 11 is 8.47. The van der Waals surface area contributed by atoms with Crippen molar-refractivity contribution in [2.45, 2.75) is 6.92 Å². The van der Waals surface area contributed by atoms with Gasteiger partial charge < -0.3 is 4.74 Å². The molecule has 3 aromatic rings. The largest absolute Gasteiger partial charge is 0.494 e. The number of benzene rings is 2. The van der Waals surface area contributed by atoms with Crippen LogP contribution in [0.1, 0.15) is 22.8 Å². The van der Waals surface area contributed by atoms with Gasteiger partial charge in [0.1, 0.15) is 10.9 Å². The molecule has 0 radical (unpaired) electrons. The fourth-order valence-corrected chi connectivity index (χ4v) is 2.96. The maximum Gasteiger partial charge on any atom is 0.185 e. The molecule has 3 rings (SSSR count). The molecule has 0 unspecified atom stereocenters. The summed E-state index contributed by atoms with van der Waals surface area (Å²) in [5.41, 5.74) is 2.11. The molecule has 1 aromatic heterocycles. The molecule has 0 saturated carbocycles. The highest BCUT2D eigenvalue weighted by Gasteiger charge is 2.06. The summed E-state index contributed by atoms with van der Waals surface area (Å²) in [6, 6.07) is 15.0. The normalized spacial score (nSPS) is 11.2. The molecular weight excluding hydrogens is 449 g/mol. The highest BCUT2D eigenvalue weighted by Crippen LogP contribution is 2.25. The summed E-state index contributed by atoms with van der Waals surface area (Å²) < 4.78 is 6.57. The number of carbonyl (C=O) groups excluding carboxylic acids is 1. The Morgan fingerprint density at radius 1 is 1.20 bits per heavy atom. The van der Waals surface area contributed by atoms with Crippen LogP contribution < -0.4 is 4.74 Å². The van der Waals surface area contributed by atoms with Crippen LogP contribution in [0.2, 0.25) is 5.15 Å². The van der Waals surface area contributed by atoms with Crippen molar-refractivity contribution in [3.63, 3.8) is 0 Å². The zero-order valence-corrected chi connectivity index (χ0v) is 16.4. The van der Waals surface area contributed by atoms with Crippen LogP contribution in [0, 0.1) is 3.57 Å². The van der Waals surface area contributed by atoms with Crippen molar-refractivity contribution < 1.29 is 9.53 Å². The van der Waals surface area contributed by atoms with Crippen LogP contribution in [-0.2, 0) is 0 Å². The molecule has 1 heterocycles. The van der Waals surface area contributed by atoms with Gasteiger partial charge in [0.15, 0.2) is 5.78 Å². The Morgan fingerprint density at radius 3 is 2.68 bits per heavy atom. The van der Waals surface area contributed by atoms with E-state index in [1.54, 1.807) is 6.08 Å². The van der Waals surface area contributed by atoms with Gasteiger partial charge in [0, 0.05) is 26.1 Å². The molecule has 0 amide bonds. The van der Waals surface area contributed by atoms with Crippen LogP contribution in [0.4, 0.5) is 0 Å². The third kappa shape index (κ3) is 4.38. The Labute approximate surface area is 164 Å². The van der Waals surface area contributed by atoms with Gasteiger partial charge in [-0.05, 0) is 72.0 Å². The van der Waals surface area contributed by atoms with E-state index in [0.717, 1.165) is 20.2 Å². The summed E-state index contributed by atoms with van der Waals surface area (Å²) in [6.45, 7) is 2.53. The number of ketones is 1. The van der Waals surface area contributed by atoms with Crippen molar-refractivity contribution >= 4 is 57.0 Å². The third-order valence-corrected chi connectivity index (χ3v) is 4.65. The lowest BCUT2D eigenvalue weighted by Crippen LogP contribution is -1.94. The van der Waals surface area contributed by atoms with Crippen LogP contribution in [0.25, 0.3) is 17.0 Å². The van der Waals surface area contributed by atoms with E-state index < -0.39 is 0 Å². The molecular formula is C20H15ClINO2. The Morgan fingerprint density at radius 2 is 1.96 bits per heavy atom. The Hall–Kier alpha value is -1.92. The highest BCUT2D eigenvalue weighted by molar-refractivity contribution is 14.1. The minimum absolute atomic E-state index is 0.0701. The number of allylic oxidation sites excluding steroid dienone is 1. The molecule has 126 valence electrons. The van der Waals surface area contributed by atoms with Crippen LogP contribution in [0.3, 0.4) is 0 Å². The van der Waals surface area contributed by atoms with E-state index in [9.17, 15) is 4.79 Å². The third-order valence-electron chi connectivity index (χ3n) is 3.62. The number of fused-ring (bicyclic) bond motifs is 1. The van der Waals surface area contributed by atoms with Gasteiger partial charge in [-0.25, -0.2) is 4.98 Å². The van der Waals surface area contributed by atoms with Crippen molar-refractivity contribution in [2.24, 2.45) is 0 Å². The molecule has 0 atom stereocenters. The summed E-state index contributed by atoms with van der Waals surface area (Å²) in [5, 5.41) is 1.29. The zero-order chi connectivity index (χ0) is 17.8. The van der Waals surface area contributed by atoms with Gasteiger partial charge in [-0.15, -0.1) is 0 Å². The van der Waals surface area contributed by atoms with Gasteiger partial charge in [0.25, 0.3) is 0 Å². The molecule has 0 fully saturated rings. The molecule has 0 aliphatic carbocycles. The monoisotopic (exact) mass is 463 g/mol. The van der Waals surface area contributed by atoms with E-state index in [2.05, 4.69) is 27.6 Å². The maximum absolute atomic E-state index is 12.3. The van der Waals surface area contributed by atoms with Gasteiger partial charge in [-0.3, -0.25) is 4.79 Å². The highest BCUT2D eigenvalue weighted by atomic mass is 127. The standard InChI is InChI=1S/C20H15ClINO2/c1-2-25-17-9-5-14-11-15(20(21)23-18(14)12-17)6-10-19(24)13-3-7-16(22)8-4-13/h3-12H,2H2,1H3/b10-6+. The Balaban J connectivity index is 1.87. The molecule has 0 saturated heterocycles. The number of ether oxygens (including phenoxy) is 1. The first-order valence-electron chi connectivity index (χ1n) is 7.78. The molecule has 0 aliphatic rings. The number of aromatic nitrogens is 1. The average Bonchev–Trinajstić information content (AvgIpc) is 2.60. The predicted octanol–water partition coefficient (Wildman–Crippen LogP) is 5.79. The van der Waals surface area contributed by atoms with Gasteiger partial charge in [0.2, 0.25) is 0 Å². The average molecular weight is 464 g/mol. The van der Waals surface area contributed by atoms with E-state index in [4.69, 9.17) is 16.3 Å². The zero-order valence-electron chi connectivity index (χ0n) is 13.5. The fourth-order valence-electron chi connectivity index (χ4n) is 2.39. The van der Waals surface area contributed by atoms with Crippen LogP contribution >= 0.6 is 34.2 Å². The lowest BCUT2D eigenvalue weighted by molar-refractivity contribution is 0.104. The number of hydrogen-bond acceptors (Lipinski definition) is 3. The topological polar surface area (TPSA) is 39.2 Å². The maximum atomic E-state index is 12.3. The number of halogens is 2.